The van der Waals surface area contributed by atoms with Gasteiger partial charge in [-0.1, -0.05) is 32.3 Å². The Morgan fingerprint density at radius 1 is 1.09 bits per heavy atom. The highest BCUT2D eigenvalue weighted by molar-refractivity contribution is 6.76. The Morgan fingerprint density at radius 2 is 1.81 bits per heavy atom. The van der Waals surface area contributed by atoms with E-state index in [1.807, 2.05) is 0 Å². The van der Waals surface area contributed by atoms with Crippen molar-refractivity contribution in [2.45, 2.75) is 64.7 Å². The van der Waals surface area contributed by atoms with Gasteiger partial charge in [0.05, 0.1) is 44.0 Å². The number of carbonyl (C=O) groups excluding carboxylic acids is 3. The van der Waals surface area contributed by atoms with E-state index < -0.39 is 37.8 Å². The molecule has 0 spiro atoms. The third-order valence-corrected chi connectivity index (χ3v) is 7.43. The Hall–Kier alpha value is -3.94. The molecule has 3 amide bonds. The summed E-state index contributed by atoms with van der Waals surface area (Å²) in [6.07, 6.45) is 1.44. The molecule has 0 saturated heterocycles. The highest BCUT2D eigenvalue weighted by Gasteiger charge is 2.26. The first kappa shape index (κ1) is 35.3. The molecule has 236 valence electrons. The van der Waals surface area contributed by atoms with Crippen LogP contribution in [0.2, 0.25) is 25.7 Å². The Balaban J connectivity index is 2.59. The number of methoxy groups -OCH3 is 1. The summed E-state index contributed by atoms with van der Waals surface area (Å²) in [4.78, 5) is 45.1. The fourth-order valence-corrected chi connectivity index (χ4v) is 4.42. The molecule has 1 atom stereocenters. The van der Waals surface area contributed by atoms with Crippen molar-refractivity contribution < 1.29 is 33.3 Å². The van der Waals surface area contributed by atoms with Crippen LogP contribution in [0.1, 0.15) is 38.3 Å². The number of carbonyl (C=O) groups is 3. The summed E-state index contributed by atoms with van der Waals surface area (Å²) in [5, 5.41) is 8.20. The van der Waals surface area contributed by atoms with Crippen molar-refractivity contribution >= 4 is 37.5 Å². The SMILES string of the molecule is C=CCOC[C@H](NC(=O)OC(C)(C)C)c1nc(-c2ccc(NC(=O)OC)cc2NC(=O)C=C)c(COCC[Si](C)(C)C)[nH]1. The molecule has 1 heterocycles. The Morgan fingerprint density at radius 3 is 2.42 bits per heavy atom. The molecule has 0 aliphatic rings. The van der Waals surface area contributed by atoms with Gasteiger partial charge in [-0.05, 0) is 51.1 Å². The number of nitrogens with zero attached hydrogens (tertiary/aromatic N) is 1. The highest BCUT2D eigenvalue weighted by Crippen LogP contribution is 2.33. The molecule has 0 aliphatic heterocycles. The van der Waals surface area contributed by atoms with Gasteiger partial charge in [-0.15, -0.1) is 6.58 Å². The first-order chi connectivity index (χ1) is 20.2. The number of aromatic nitrogens is 2. The molecule has 0 unspecified atom stereocenters. The van der Waals surface area contributed by atoms with Crippen molar-refractivity contribution in [1.82, 2.24) is 15.3 Å². The fraction of sp³-hybridized carbons (Fsp3) is 0.467. The maximum absolute atomic E-state index is 12.7. The summed E-state index contributed by atoms with van der Waals surface area (Å²) >= 11 is 0. The molecule has 0 radical (unpaired) electrons. The molecule has 4 N–H and O–H groups in total. The number of hydrogen-bond donors (Lipinski definition) is 4. The van der Waals surface area contributed by atoms with Crippen LogP contribution in [0.3, 0.4) is 0 Å². The number of hydrogen-bond acceptors (Lipinski definition) is 8. The van der Waals surface area contributed by atoms with Crippen molar-refractivity contribution in [3.63, 3.8) is 0 Å². The number of H-pyrrole nitrogens is 1. The minimum Gasteiger partial charge on any atom is -0.453 e. The van der Waals surface area contributed by atoms with Crippen LogP contribution < -0.4 is 16.0 Å². The van der Waals surface area contributed by atoms with Gasteiger partial charge in [0, 0.05) is 25.9 Å². The van der Waals surface area contributed by atoms with E-state index in [1.165, 1.54) is 7.11 Å². The zero-order valence-corrected chi connectivity index (χ0v) is 27.2. The Kier molecular flexibility index (Phi) is 13.2. The molecule has 1 aromatic heterocycles. The predicted molar refractivity (Wildman–Crippen MR) is 170 cm³/mol. The first-order valence-corrected chi connectivity index (χ1v) is 17.6. The topological polar surface area (TPSA) is 153 Å². The summed E-state index contributed by atoms with van der Waals surface area (Å²) in [6.45, 7) is 20.4. The van der Waals surface area contributed by atoms with Gasteiger partial charge in [-0.3, -0.25) is 10.1 Å². The summed E-state index contributed by atoms with van der Waals surface area (Å²) in [7, 11) is -0.0813. The van der Waals surface area contributed by atoms with E-state index in [4.69, 9.17) is 23.9 Å². The minimum absolute atomic E-state index is 0.0795. The van der Waals surface area contributed by atoms with Gasteiger partial charge in [-0.2, -0.15) is 0 Å². The molecule has 2 rings (SSSR count). The normalized spacial score (nSPS) is 12.2. The monoisotopic (exact) mass is 615 g/mol. The van der Waals surface area contributed by atoms with Crippen LogP contribution in [0.4, 0.5) is 21.0 Å². The standard InChI is InChI=1S/C30H45N5O7Si/c1-10-14-40-19-24(34-29(38)42-30(3,4)5)27-33-23(18-41-15-16-43(7,8)9)26(35-27)21-13-12-20(31-28(37)39-6)17-22(21)32-25(36)11-2/h10-13,17,24H,1-2,14-16,18-19H2,3-9H3,(H,31,37)(H,32,36)(H,33,35)(H,34,38)/t24-/m0/s1. The van der Waals surface area contributed by atoms with Gasteiger partial charge in [0.2, 0.25) is 5.91 Å². The molecular formula is C30H45N5O7Si. The van der Waals surface area contributed by atoms with Crippen molar-refractivity contribution in [1.29, 1.82) is 0 Å². The van der Waals surface area contributed by atoms with Crippen LogP contribution in [0.15, 0.2) is 43.5 Å². The fourth-order valence-electron chi connectivity index (χ4n) is 3.67. The lowest BCUT2D eigenvalue weighted by Crippen LogP contribution is -2.37. The van der Waals surface area contributed by atoms with E-state index in [9.17, 15) is 14.4 Å². The maximum Gasteiger partial charge on any atom is 0.411 e. The van der Waals surface area contributed by atoms with Gasteiger partial charge < -0.3 is 34.6 Å². The first-order valence-electron chi connectivity index (χ1n) is 13.9. The second-order valence-electron chi connectivity index (χ2n) is 11.9. The van der Waals surface area contributed by atoms with E-state index in [0.717, 1.165) is 12.1 Å². The van der Waals surface area contributed by atoms with Gasteiger partial charge in [0.15, 0.2) is 0 Å². The number of nitrogens with one attached hydrogen (secondary N) is 4. The van der Waals surface area contributed by atoms with Crippen LogP contribution in [0.5, 0.6) is 0 Å². The molecule has 13 heteroatoms. The molecular weight excluding hydrogens is 570 g/mol. The molecule has 43 heavy (non-hydrogen) atoms. The average molecular weight is 616 g/mol. The van der Waals surface area contributed by atoms with Gasteiger partial charge in [0.25, 0.3) is 0 Å². The van der Waals surface area contributed by atoms with E-state index in [1.54, 1.807) is 45.0 Å². The summed E-state index contributed by atoms with van der Waals surface area (Å²) in [5.41, 5.74) is 1.68. The zero-order valence-electron chi connectivity index (χ0n) is 26.2. The lowest BCUT2D eigenvalue weighted by atomic mass is 10.1. The number of amides is 3. The number of alkyl carbamates (subject to hydrolysis) is 1. The minimum atomic E-state index is -1.34. The average Bonchev–Trinajstić information content (AvgIpc) is 3.32. The van der Waals surface area contributed by atoms with Gasteiger partial charge >= 0.3 is 12.2 Å². The van der Waals surface area contributed by atoms with E-state index in [-0.39, 0.29) is 19.8 Å². The molecule has 0 saturated carbocycles. The highest BCUT2D eigenvalue weighted by atomic mass is 28.3. The molecule has 0 aliphatic carbocycles. The number of aromatic amines is 1. The number of ether oxygens (including phenoxy) is 4. The number of anilines is 2. The predicted octanol–water partition coefficient (Wildman–Crippen LogP) is 6.00. The van der Waals surface area contributed by atoms with E-state index >= 15 is 0 Å². The zero-order chi connectivity index (χ0) is 32.2. The van der Waals surface area contributed by atoms with Crippen LogP contribution in [0.25, 0.3) is 11.3 Å². The van der Waals surface area contributed by atoms with Crippen molar-refractivity contribution in [2.75, 3.05) is 37.6 Å². The number of benzene rings is 1. The lowest BCUT2D eigenvalue weighted by Gasteiger charge is -2.22. The second kappa shape index (κ2) is 16.1. The van der Waals surface area contributed by atoms with Crippen molar-refractivity contribution in [3.8, 4) is 11.3 Å². The molecule has 12 nitrogen and oxygen atoms in total. The van der Waals surface area contributed by atoms with Crippen molar-refractivity contribution in [3.05, 3.63) is 55.0 Å². The number of rotatable bonds is 15. The Labute approximate surface area is 254 Å². The molecule has 2 aromatic rings. The summed E-state index contributed by atoms with van der Waals surface area (Å²) < 4.78 is 21.9. The molecule has 1 aromatic carbocycles. The van der Waals surface area contributed by atoms with Crippen LogP contribution in [-0.4, -0.2) is 68.7 Å². The van der Waals surface area contributed by atoms with Crippen LogP contribution in [-0.2, 0) is 30.3 Å². The van der Waals surface area contributed by atoms with Crippen LogP contribution >= 0.6 is 0 Å². The third-order valence-electron chi connectivity index (χ3n) is 5.73. The lowest BCUT2D eigenvalue weighted by molar-refractivity contribution is -0.111. The van der Waals surface area contributed by atoms with Gasteiger partial charge in [0.1, 0.15) is 17.5 Å². The second-order valence-corrected chi connectivity index (χ2v) is 17.5. The summed E-state index contributed by atoms with van der Waals surface area (Å²) in [5.74, 6) is -0.0612. The molecule has 0 fully saturated rings. The third kappa shape index (κ3) is 12.4. The quantitative estimate of drug-likeness (QED) is 0.0823. The van der Waals surface area contributed by atoms with E-state index in [0.29, 0.717) is 40.8 Å². The van der Waals surface area contributed by atoms with Crippen LogP contribution in [0, 0.1) is 0 Å². The smallest absolute Gasteiger partial charge is 0.411 e. The largest absolute Gasteiger partial charge is 0.453 e. The Bertz CT molecular complexity index is 1280. The summed E-state index contributed by atoms with van der Waals surface area (Å²) in [6, 6.07) is 5.21. The number of imidazole rings is 1. The van der Waals surface area contributed by atoms with Crippen molar-refractivity contribution in [2.24, 2.45) is 0 Å². The molecule has 0 bridgehead atoms. The van der Waals surface area contributed by atoms with E-state index in [2.05, 4.69) is 53.7 Å². The van der Waals surface area contributed by atoms with Gasteiger partial charge in [-0.25, -0.2) is 14.6 Å². The maximum atomic E-state index is 12.7.